The van der Waals surface area contributed by atoms with Crippen LogP contribution in [0.25, 0.3) is 0 Å². The first-order valence-corrected chi connectivity index (χ1v) is 6.83. The fourth-order valence-electron chi connectivity index (χ4n) is 2.08. The van der Waals surface area contributed by atoms with E-state index in [1.165, 1.54) is 5.54 Å². The molecule has 17 heavy (non-hydrogen) atoms. The third-order valence-corrected chi connectivity index (χ3v) is 3.66. The van der Waals surface area contributed by atoms with Crippen LogP contribution in [-0.2, 0) is 0 Å². The summed E-state index contributed by atoms with van der Waals surface area (Å²) in [7, 11) is 0. The molecule has 1 aliphatic heterocycles. The summed E-state index contributed by atoms with van der Waals surface area (Å²) in [5.74, 6) is 0. The number of piperazine rings is 1. The molecule has 0 aliphatic carbocycles. The molecule has 1 heterocycles. The van der Waals surface area contributed by atoms with Gasteiger partial charge in [0.25, 0.3) is 0 Å². The van der Waals surface area contributed by atoms with Crippen molar-refractivity contribution in [3.05, 3.63) is 10.6 Å². The number of nitriles is 1. The van der Waals surface area contributed by atoms with E-state index in [1.807, 2.05) is 0 Å². The van der Waals surface area contributed by atoms with Crippen molar-refractivity contribution in [2.45, 2.75) is 25.8 Å². The number of nitrogens with zero attached hydrogens (tertiary/aromatic N) is 3. The molecule has 0 amide bonds. The highest BCUT2D eigenvalue weighted by molar-refractivity contribution is 6.36. The van der Waals surface area contributed by atoms with Gasteiger partial charge in [-0.15, -0.1) is 0 Å². The van der Waals surface area contributed by atoms with Gasteiger partial charge in [0.1, 0.15) is 0 Å². The van der Waals surface area contributed by atoms with Crippen LogP contribution in [0.5, 0.6) is 0 Å². The van der Waals surface area contributed by atoms with Crippen LogP contribution in [-0.4, -0.2) is 48.6 Å². The number of hydrogen-bond acceptors (Lipinski definition) is 3. The lowest BCUT2D eigenvalue weighted by Gasteiger charge is -2.36. The van der Waals surface area contributed by atoms with E-state index in [0.29, 0.717) is 11.6 Å². The Morgan fingerprint density at radius 3 is 2.53 bits per heavy atom. The first-order valence-electron chi connectivity index (χ1n) is 6.02. The lowest BCUT2D eigenvalue weighted by atomic mass is 10.1. The Kier molecular flexibility index (Phi) is 6.91. The normalized spacial score (nSPS) is 21.2. The number of rotatable bonds is 5. The number of halogens is 2. The summed E-state index contributed by atoms with van der Waals surface area (Å²) in [5.41, 5.74) is 1.42. The highest BCUT2D eigenvalue weighted by Crippen LogP contribution is 2.13. The molecule has 1 atom stereocenters. The molecule has 1 rings (SSSR count). The standard InChI is InChI=1S/C12H19Cl2N3/c1-2-3-12(9-15)17-6-4-16(5-7-17)10-11(14)8-13/h8,12H,2-7,10H2,1H3. The fraction of sp³-hybridized carbons (Fsp3) is 0.750. The van der Waals surface area contributed by atoms with Crippen LogP contribution in [0, 0.1) is 11.3 Å². The third kappa shape index (κ3) is 4.85. The summed E-state index contributed by atoms with van der Waals surface area (Å²) in [4.78, 5) is 4.52. The largest absolute Gasteiger partial charge is 0.296 e. The molecular formula is C12H19Cl2N3. The van der Waals surface area contributed by atoms with E-state index < -0.39 is 0 Å². The zero-order valence-electron chi connectivity index (χ0n) is 10.2. The molecule has 1 unspecified atom stereocenters. The summed E-state index contributed by atoms with van der Waals surface area (Å²) in [6.45, 7) is 6.59. The van der Waals surface area contributed by atoms with Crippen LogP contribution in [0.15, 0.2) is 10.6 Å². The maximum Gasteiger partial charge on any atom is 0.0978 e. The predicted octanol–water partition coefficient (Wildman–Crippen LogP) is 2.62. The molecule has 0 N–H and O–H groups in total. The average Bonchev–Trinajstić information content (AvgIpc) is 2.37. The minimum Gasteiger partial charge on any atom is -0.296 e. The molecule has 5 heteroatoms. The van der Waals surface area contributed by atoms with Crippen LogP contribution < -0.4 is 0 Å². The molecule has 0 bridgehead atoms. The summed E-state index contributed by atoms with van der Waals surface area (Å²) in [6, 6.07) is 2.46. The van der Waals surface area contributed by atoms with E-state index in [2.05, 4.69) is 22.8 Å². The van der Waals surface area contributed by atoms with Crippen molar-refractivity contribution in [2.75, 3.05) is 32.7 Å². The van der Waals surface area contributed by atoms with Crippen LogP contribution >= 0.6 is 23.2 Å². The highest BCUT2D eigenvalue weighted by Gasteiger charge is 2.23. The zero-order chi connectivity index (χ0) is 12.7. The summed E-state index contributed by atoms with van der Waals surface area (Å²) in [6.07, 6.45) is 2.01. The van der Waals surface area contributed by atoms with Gasteiger partial charge in [-0.25, -0.2) is 0 Å². The Hall–Kier alpha value is -0.270. The molecule has 96 valence electrons. The van der Waals surface area contributed by atoms with Crippen molar-refractivity contribution in [1.29, 1.82) is 5.26 Å². The Balaban J connectivity index is 2.37. The van der Waals surface area contributed by atoms with E-state index in [4.69, 9.17) is 28.5 Å². The van der Waals surface area contributed by atoms with E-state index in [-0.39, 0.29) is 6.04 Å². The molecule has 3 nitrogen and oxygen atoms in total. The predicted molar refractivity (Wildman–Crippen MR) is 72.1 cm³/mol. The van der Waals surface area contributed by atoms with Gasteiger partial charge in [0.2, 0.25) is 0 Å². The summed E-state index contributed by atoms with van der Waals surface area (Å²) >= 11 is 11.4. The van der Waals surface area contributed by atoms with Crippen LogP contribution in [0.1, 0.15) is 19.8 Å². The Labute approximate surface area is 114 Å². The van der Waals surface area contributed by atoms with E-state index in [1.54, 1.807) is 0 Å². The maximum absolute atomic E-state index is 9.11. The van der Waals surface area contributed by atoms with Gasteiger partial charge >= 0.3 is 0 Å². The highest BCUT2D eigenvalue weighted by atomic mass is 35.5. The molecule has 0 aromatic rings. The Morgan fingerprint density at radius 2 is 2.06 bits per heavy atom. The lowest BCUT2D eigenvalue weighted by Crippen LogP contribution is -2.50. The quantitative estimate of drug-likeness (QED) is 0.773. The molecule has 1 fully saturated rings. The molecule has 0 spiro atoms. The second-order valence-electron chi connectivity index (χ2n) is 4.30. The average molecular weight is 276 g/mol. The molecule has 1 saturated heterocycles. The third-order valence-electron chi connectivity index (χ3n) is 3.05. The van der Waals surface area contributed by atoms with Crippen LogP contribution in [0.3, 0.4) is 0 Å². The van der Waals surface area contributed by atoms with Crippen molar-refractivity contribution >= 4 is 23.2 Å². The molecule has 0 radical (unpaired) electrons. The van der Waals surface area contributed by atoms with Gasteiger partial charge in [-0.3, -0.25) is 9.80 Å². The molecular weight excluding hydrogens is 257 g/mol. The van der Waals surface area contributed by atoms with Crippen LogP contribution in [0.4, 0.5) is 0 Å². The van der Waals surface area contributed by atoms with Crippen molar-refractivity contribution < 1.29 is 0 Å². The Morgan fingerprint density at radius 1 is 1.41 bits per heavy atom. The van der Waals surface area contributed by atoms with Gasteiger partial charge in [-0.1, -0.05) is 36.5 Å². The Bertz CT molecular complexity index is 291. The molecule has 0 aromatic heterocycles. The van der Waals surface area contributed by atoms with Crippen LogP contribution in [0.2, 0.25) is 0 Å². The summed E-state index contributed by atoms with van der Waals surface area (Å²) < 4.78 is 0. The lowest BCUT2D eigenvalue weighted by molar-refractivity contribution is 0.118. The van der Waals surface area contributed by atoms with E-state index >= 15 is 0 Å². The second-order valence-corrected chi connectivity index (χ2v) is 5.01. The van der Waals surface area contributed by atoms with Gasteiger partial charge < -0.3 is 0 Å². The molecule has 0 saturated carbocycles. The minimum atomic E-state index is 0.0705. The monoisotopic (exact) mass is 275 g/mol. The van der Waals surface area contributed by atoms with E-state index in [0.717, 1.165) is 39.0 Å². The van der Waals surface area contributed by atoms with Gasteiger partial charge in [0, 0.05) is 43.3 Å². The zero-order valence-corrected chi connectivity index (χ0v) is 11.7. The maximum atomic E-state index is 9.11. The fourth-order valence-corrected chi connectivity index (χ4v) is 2.32. The topological polar surface area (TPSA) is 30.3 Å². The van der Waals surface area contributed by atoms with Gasteiger partial charge in [-0.2, -0.15) is 5.26 Å². The van der Waals surface area contributed by atoms with E-state index in [9.17, 15) is 0 Å². The summed E-state index contributed by atoms with van der Waals surface area (Å²) in [5, 5.41) is 9.78. The van der Waals surface area contributed by atoms with Gasteiger partial charge in [-0.05, 0) is 6.42 Å². The second kappa shape index (κ2) is 7.94. The first-order chi connectivity index (χ1) is 8.21. The number of hydrogen-bond donors (Lipinski definition) is 0. The first kappa shape index (κ1) is 14.8. The van der Waals surface area contributed by atoms with Gasteiger partial charge in [0.15, 0.2) is 0 Å². The van der Waals surface area contributed by atoms with Gasteiger partial charge in [0.05, 0.1) is 12.1 Å². The van der Waals surface area contributed by atoms with Crippen molar-refractivity contribution in [2.24, 2.45) is 0 Å². The van der Waals surface area contributed by atoms with Crippen molar-refractivity contribution in [1.82, 2.24) is 9.80 Å². The molecule has 1 aliphatic rings. The van der Waals surface area contributed by atoms with Crippen molar-refractivity contribution in [3.63, 3.8) is 0 Å². The smallest absolute Gasteiger partial charge is 0.0978 e. The molecule has 0 aromatic carbocycles. The SMILES string of the molecule is CCCC(C#N)N1CCN(CC(Cl)=CCl)CC1. The minimum absolute atomic E-state index is 0.0705. The van der Waals surface area contributed by atoms with Crippen molar-refractivity contribution in [3.8, 4) is 6.07 Å².